The summed E-state index contributed by atoms with van der Waals surface area (Å²) in [5.41, 5.74) is 2.29. The van der Waals surface area contributed by atoms with E-state index in [1.54, 1.807) is 46.6 Å². The Morgan fingerprint density at radius 2 is 1.96 bits per heavy atom. The highest BCUT2D eigenvalue weighted by atomic mass is 32.2. The molecule has 0 saturated carbocycles. The Hall–Kier alpha value is -1.99. The van der Waals surface area contributed by atoms with Crippen LogP contribution in [-0.4, -0.2) is 32.1 Å². The average molecular weight is 391 g/mol. The lowest BCUT2D eigenvalue weighted by Crippen LogP contribution is -2.31. The van der Waals surface area contributed by atoms with Gasteiger partial charge in [-0.1, -0.05) is 18.2 Å². The third-order valence-electron chi connectivity index (χ3n) is 4.25. The van der Waals surface area contributed by atoms with Gasteiger partial charge in [0.25, 0.3) is 5.91 Å². The lowest BCUT2D eigenvalue weighted by molar-refractivity contribution is 0.0989. The third-order valence-corrected chi connectivity index (χ3v) is 6.29. The van der Waals surface area contributed by atoms with Gasteiger partial charge in [-0.25, -0.2) is 13.4 Å². The summed E-state index contributed by atoms with van der Waals surface area (Å²) in [7, 11) is -3.10. The molecule has 3 rings (SSSR count). The van der Waals surface area contributed by atoms with Crippen molar-refractivity contribution in [3.63, 3.8) is 0 Å². The number of anilines is 1. The van der Waals surface area contributed by atoms with Crippen LogP contribution in [0.4, 0.5) is 5.13 Å². The Balaban J connectivity index is 1.84. The van der Waals surface area contributed by atoms with Crippen LogP contribution < -0.4 is 4.90 Å². The van der Waals surface area contributed by atoms with Crippen LogP contribution in [0.3, 0.4) is 0 Å². The van der Waals surface area contributed by atoms with Gasteiger partial charge >= 0.3 is 0 Å². The van der Waals surface area contributed by atoms with Crippen molar-refractivity contribution in [1.82, 2.24) is 4.98 Å². The normalized spacial score (nSPS) is 13.9. The quantitative estimate of drug-likeness (QED) is 0.709. The molecule has 0 saturated heterocycles. The number of nitrogens with zero attached hydrogens (tertiary/aromatic N) is 2. The predicted molar refractivity (Wildman–Crippen MR) is 106 cm³/mol. The summed E-state index contributed by atoms with van der Waals surface area (Å²) >= 11 is 1.58. The van der Waals surface area contributed by atoms with E-state index in [1.165, 1.54) is 17.6 Å². The van der Waals surface area contributed by atoms with E-state index in [0.29, 0.717) is 22.8 Å². The maximum absolute atomic E-state index is 13.0. The number of aryl methyl sites for hydroxylation is 2. The molecule has 1 aliphatic rings. The van der Waals surface area contributed by atoms with E-state index in [9.17, 15) is 13.2 Å². The van der Waals surface area contributed by atoms with E-state index in [1.807, 2.05) is 0 Å². The number of carbonyl (C=O) groups excluding carboxylic acids is 1. The van der Waals surface area contributed by atoms with Crippen LogP contribution in [0.15, 0.2) is 36.9 Å². The Morgan fingerprint density at radius 3 is 2.58 bits per heavy atom. The van der Waals surface area contributed by atoms with Gasteiger partial charge in [0.1, 0.15) is 0 Å². The molecule has 0 N–H and O–H groups in total. The second-order valence-corrected chi connectivity index (χ2v) is 9.75. The molecule has 0 aliphatic heterocycles. The second-order valence-electron chi connectivity index (χ2n) is 6.54. The number of fused-ring (bicyclic) bond motifs is 1. The first-order chi connectivity index (χ1) is 12.4. The summed E-state index contributed by atoms with van der Waals surface area (Å²) in [5.74, 6) is -0.182. The molecule has 138 valence electrons. The van der Waals surface area contributed by atoms with Gasteiger partial charge in [0.2, 0.25) is 0 Å². The van der Waals surface area contributed by atoms with Crippen molar-refractivity contribution in [3.05, 3.63) is 58.6 Å². The van der Waals surface area contributed by atoms with Gasteiger partial charge in [0, 0.05) is 23.2 Å². The summed E-state index contributed by atoms with van der Waals surface area (Å²) in [6.07, 6.45) is 7.21. The zero-order valence-electron chi connectivity index (χ0n) is 14.8. The first-order valence-corrected chi connectivity index (χ1v) is 11.4. The van der Waals surface area contributed by atoms with Crippen LogP contribution in [0.2, 0.25) is 0 Å². The molecule has 1 aromatic carbocycles. The van der Waals surface area contributed by atoms with Crippen molar-refractivity contribution in [2.24, 2.45) is 0 Å². The van der Waals surface area contributed by atoms with Gasteiger partial charge in [-0.2, -0.15) is 0 Å². The van der Waals surface area contributed by atoms with E-state index >= 15 is 0 Å². The fraction of sp³-hybridized carbons (Fsp3) is 0.368. The van der Waals surface area contributed by atoms with Crippen LogP contribution in [0.25, 0.3) is 0 Å². The topological polar surface area (TPSA) is 67.3 Å². The van der Waals surface area contributed by atoms with Crippen molar-refractivity contribution in [2.75, 3.05) is 17.7 Å². The minimum absolute atomic E-state index is 0.0307. The van der Waals surface area contributed by atoms with Gasteiger partial charge in [-0.05, 0) is 43.4 Å². The lowest BCUT2D eigenvalue weighted by Gasteiger charge is -2.18. The van der Waals surface area contributed by atoms with Crippen molar-refractivity contribution in [2.45, 2.75) is 31.4 Å². The average Bonchev–Trinajstić information content (AvgIpc) is 3.02. The molecule has 1 aromatic heterocycles. The van der Waals surface area contributed by atoms with Gasteiger partial charge in [-0.15, -0.1) is 17.9 Å². The van der Waals surface area contributed by atoms with Crippen LogP contribution in [0.5, 0.6) is 0 Å². The van der Waals surface area contributed by atoms with Crippen LogP contribution >= 0.6 is 11.3 Å². The molecule has 7 heteroatoms. The maximum Gasteiger partial charge on any atom is 0.260 e. The number of carbonyl (C=O) groups is 1. The van der Waals surface area contributed by atoms with E-state index in [0.717, 1.165) is 25.0 Å². The fourth-order valence-corrected chi connectivity index (χ4v) is 4.99. The Kier molecular flexibility index (Phi) is 5.58. The molecule has 1 heterocycles. The van der Waals surface area contributed by atoms with Gasteiger partial charge in [0.05, 0.1) is 11.4 Å². The molecule has 1 amide bonds. The molecule has 0 fully saturated rings. The number of rotatable bonds is 6. The Labute approximate surface area is 158 Å². The molecular formula is C19H22N2O3S2. The zero-order chi connectivity index (χ0) is 18.7. The number of thiazole rings is 1. The van der Waals surface area contributed by atoms with E-state index in [2.05, 4.69) is 11.6 Å². The number of benzene rings is 1. The van der Waals surface area contributed by atoms with Gasteiger partial charge in [0.15, 0.2) is 15.0 Å². The van der Waals surface area contributed by atoms with Gasteiger partial charge in [-0.3, -0.25) is 9.69 Å². The number of amides is 1. The summed E-state index contributed by atoms with van der Waals surface area (Å²) in [6.45, 7) is 4.14. The number of hydrogen-bond donors (Lipinski definition) is 0. The molecule has 0 atom stereocenters. The first-order valence-electron chi connectivity index (χ1n) is 8.55. The van der Waals surface area contributed by atoms with E-state index in [4.69, 9.17) is 0 Å². The maximum atomic E-state index is 13.0. The minimum atomic E-state index is -3.10. The summed E-state index contributed by atoms with van der Waals surface area (Å²) < 4.78 is 22.8. The minimum Gasteiger partial charge on any atom is -0.280 e. The monoisotopic (exact) mass is 390 g/mol. The molecule has 0 unspecified atom stereocenters. The number of sulfone groups is 1. The van der Waals surface area contributed by atoms with Crippen LogP contribution in [0, 0.1) is 0 Å². The van der Waals surface area contributed by atoms with Crippen molar-refractivity contribution in [3.8, 4) is 0 Å². The van der Waals surface area contributed by atoms with Crippen molar-refractivity contribution < 1.29 is 13.2 Å². The smallest absolute Gasteiger partial charge is 0.260 e. The van der Waals surface area contributed by atoms with Crippen LogP contribution in [0.1, 0.15) is 39.3 Å². The van der Waals surface area contributed by atoms with Crippen LogP contribution in [-0.2, 0) is 28.4 Å². The summed E-state index contributed by atoms with van der Waals surface area (Å²) in [4.78, 5) is 20.6. The lowest BCUT2D eigenvalue weighted by atomic mass is 10.0. The second kappa shape index (κ2) is 7.72. The Morgan fingerprint density at radius 1 is 1.27 bits per heavy atom. The van der Waals surface area contributed by atoms with Crippen molar-refractivity contribution >= 4 is 32.2 Å². The fourth-order valence-electron chi connectivity index (χ4n) is 3.03. The summed E-state index contributed by atoms with van der Waals surface area (Å²) in [5, 5.41) is 0.710. The number of aromatic nitrogens is 1. The molecule has 1 aliphatic carbocycles. The SMILES string of the molecule is C=CCN(C(=O)c1ccc(CS(C)(=O)=O)cc1)c1nc2c(s1)CCCC2. The van der Waals surface area contributed by atoms with E-state index in [-0.39, 0.29) is 11.7 Å². The molecule has 5 nitrogen and oxygen atoms in total. The first kappa shape index (κ1) is 18.8. The molecule has 0 radical (unpaired) electrons. The molecule has 2 aromatic rings. The van der Waals surface area contributed by atoms with E-state index < -0.39 is 9.84 Å². The van der Waals surface area contributed by atoms with Gasteiger partial charge < -0.3 is 0 Å². The Bertz CT molecular complexity index is 891. The zero-order valence-corrected chi connectivity index (χ0v) is 16.4. The highest BCUT2D eigenvalue weighted by Crippen LogP contribution is 2.32. The standard InChI is InChI=1S/C19H22N2O3S2/c1-3-12-21(19-20-16-6-4-5-7-17(16)25-19)18(22)15-10-8-14(9-11-15)13-26(2,23)24/h3,8-11H,1,4-7,12-13H2,2H3. The van der Waals surface area contributed by atoms with Crippen molar-refractivity contribution in [1.29, 1.82) is 0 Å². The highest BCUT2D eigenvalue weighted by molar-refractivity contribution is 7.89. The molecular weight excluding hydrogens is 368 g/mol. The molecule has 0 bridgehead atoms. The molecule has 0 spiro atoms. The third kappa shape index (κ3) is 4.40. The largest absolute Gasteiger partial charge is 0.280 e. The predicted octanol–water partition coefficient (Wildman–Crippen LogP) is 3.40. The summed E-state index contributed by atoms with van der Waals surface area (Å²) in [6, 6.07) is 6.72. The number of hydrogen-bond acceptors (Lipinski definition) is 5. The molecule has 26 heavy (non-hydrogen) atoms. The highest BCUT2D eigenvalue weighted by Gasteiger charge is 2.23.